The number of carbonyl (C=O) groups excluding carboxylic acids is 2. The SMILES string of the molecule is Cc1cccc(OC(C)C(=O)NCC(=O)Nc2ccc(Br)cc2C)c1. The smallest absolute Gasteiger partial charge is 0.261 e. The molecule has 0 saturated carbocycles. The van der Waals surface area contributed by atoms with Crippen LogP contribution in [0.1, 0.15) is 18.1 Å². The largest absolute Gasteiger partial charge is 0.481 e. The Morgan fingerprint density at radius 2 is 1.92 bits per heavy atom. The number of carbonyl (C=O) groups is 2. The molecule has 5 nitrogen and oxygen atoms in total. The van der Waals surface area contributed by atoms with Gasteiger partial charge in [0.15, 0.2) is 6.10 Å². The van der Waals surface area contributed by atoms with Gasteiger partial charge in [-0.15, -0.1) is 0 Å². The Morgan fingerprint density at radius 3 is 2.60 bits per heavy atom. The molecule has 0 aliphatic carbocycles. The van der Waals surface area contributed by atoms with Gasteiger partial charge in [0, 0.05) is 10.2 Å². The lowest BCUT2D eigenvalue weighted by Gasteiger charge is -2.15. The Bertz CT molecular complexity index is 777. The van der Waals surface area contributed by atoms with E-state index in [0.29, 0.717) is 11.4 Å². The summed E-state index contributed by atoms with van der Waals surface area (Å²) >= 11 is 3.38. The fraction of sp³-hybridized carbons (Fsp3) is 0.263. The molecule has 2 aromatic rings. The Kier molecular flexibility index (Phi) is 6.58. The van der Waals surface area contributed by atoms with E-state index < -0.39 is 6.10 Å². The normalized spacial score (nSPS) is 11.5. The number of rotatable bonds is 6. The second-order valence-corrected chi connectivity index (χ2v) is 6.72. The highest BCUT2D eigenvalue weighted by Crippen LogP contribution is 2.19. The van der Waals surface area contributed by atoms with E-state index in [9.17, 15) is 9.59 Å². The van der Waals surface area contributed by atoms with Gasteiger partial charge in [0.2, 0.25) is 5.91 Å². The van der Waals surface area contributed by atoms with Gasteiger partial charge in [-0.2, -0.15) is 0 Å². The summed E-state index contributed by atoms with van der Waals surface area (Å²) in [7, 11) is 0. The van der Waals surface area contributed by atoms with Crippen LogP contribution in [0.2, 0.25) is 0 Å². The van der Waals surface area contributed by atoms with Crippen LogP contribution < -0.4 is 15.4 Å². The molecule has 2 amide bonds. The van der Waals surface area contributed by atoms with Crippen molar-refractivity contribution < 1.29 is 14.3 Å². The molecule has 2 aromatic carbocycles. The van der Waals surface area contributed by atoms with E-state index >= 15 is 0 Å². The highest BCUT2D eigenvalue weighted by atomic mass is 79.9. The summed E-state index contributed by atoms with van der Waals surface area (Å²) in [6, 6.07) is 13.0. The molecule has 0 radical (unpaired) electrons. The van der Waals surface area contributed by atoms with Crippen LogP contribution in [0, 0.1) is 13.8 Å². The van der Waals surface area contributed by atoms with Crippen LogP contribution in [0.25, 0.3) is 0 Å². The Morgan fingerprint density at radius 1 is 1.16 bits per heavy atom. The Hall–Kier alpha value is -2.34. The van der Waals surface area contributed by atoms with Crippen molar-refractivity contribution in [1.29, 1.82) is 0 Å². The van der Waals surface area contributed by atoms with Gasteiger partial charge in [-0.25, -0.2) is 0 Å². The van der Waals surface area contributed by atoms with Crippen LogP contribution in [-0.2, 0) is 9.59 Å². The van der Waals surface area contributed by atoms with Gasteiger partial charge in [0.1, 0.15) is 5.75 Å². The van der Waals surface area contributed by atoms with Crippen LogP contribution in [0.3, 0.4) is 0 Å². The Labute approximate surface area is 155 Å². The van der Waals surface area contributed by atoms with Crippen LogP contribution in [0.15, 0.2) is 46.9 Å². The van der Waals surface area contributed by atoms with Crippen molar-refractivity contribution in [2.45, 2.75) is 26.9 Å². The van der Waals surface area contributed by atoms with Crippen LogP contribution >= 0.6 is 15.9 Å². The van der Waals surface area contributed by atoms with Gasteiger partial charge in [0.25, 0.3) is 5.91 Å². The van der Waals surface area contributed by atoms with Crippen molar-refractivity contribution in [3.8, 4) is 5.75 Å². The van der Waals surface area contributed by atoms with E-state index in [1.165, 1.54) is 0 Å². The van der Waals surface area contributed by atoms with Gasteiger partial charge >= 0.3 is 0 Å². The summed E-state index contributed by atoms with van der Waals surface area (Å²) < 4.78 is 6.53. The van der Waals surface area contributed by atoms with Crippen molar-refractivity contribution in [3.05, 3.63) is 58.1 Å². The fourth-order valence-corrected chi connectivity index (χ4v) is 2.69. The molecule has 132 valence electrons. The molecule has 6 heteroatoms. The second-order valence-electron chi connectivity index (χ2n) is 5.80. The minimum absolute atomic E-state index is 0.115. The highest BCUT2D eigenvalue weighted by molar-refractivity contribution is 9.10. The molecule has 2 N–H and O–H groups in total. The molecule has 0 saturated heterocycles. The third-order valence-electron chi connectivity index (χ3n) is 3.56. The van der Waals surface area contributed by atoms with Crippen molar-refractivity contribution in [2.75, 3.05) is 11.9 Å². The number of ether oxygens (including phenoxy) is 1. The van der Waals surface area contributed by atoms with Crippen LogP contribution in [-0.4, -0.2) is 24.5 Å². The number of aryl methyl sites for hydroxylation is 2. The predicted molar refractivity (Wildman–Crippen MR) is 102 cm³/mol. The summed E-state index contributed by atoms with van der Waals surface area (Å²) in [5.41, 5.74) is 2.70. The van der Waals surface area contributed by atoms with Crippen molar-refractivity contribution in [1.82, 2.24) is 5.32 Å². The quantitative estimate of drug-likeness (QED) is 0.772. The van der Waals surface area contributed by atoms with Crippen molar-refractivity contribution >= 4 is 33.4 Å². The van der Waals surface area contributed by atoms with Gasteiger partial charge < -0.3 is 15.4 Å². The maximum absolute atomic E-state index is 12.1. The lowest BCUT2D eigenvalue weighted by atomic mass is 10.2. The maximum atomic E-state index is 12.1. The van der Waals surface area contributed by atoms with Gasteiger partial charge in [-0.1, -0.05) is 28.1 Å². The average molecular weight is 405 g/mol. The zero-order chi connectivity index (χ0) is 18.4. The molecular weight excluding hydrogens is 384 g/mol. The third-order valence-corrected chi connectivity index (χ3v) is 4.05. The number of anilines is 1. The molecule has 2 rings (SSSR count). The molecular formula is C19H21BrN2O3. The standard InChI is InChI=1S/C19H21BrN2O3/c1-12-5-4-6-16(9-12)25-14(3)19(24)21-11-18(23)22-17-8-7-15(20)10-13(17)2/h4-10,14H,11H2,1-3H3,(H,21,24)(H,22,23). The average Bonchev–Trinajstić information content (AvgIpc) is 2.55. The molecule has 1 unspecified atom stereocenters. The molecule has 0 spiro atoms. The lowest BCUT2D eigenvalue weighted by Crippen LogP contribution is -2.40. The van der Waals surface area contributed by atoms with E-state index in [1.807, 2.05) is 50.2 Å². The topological polar surface area (TPSA) is 67.4 Å². The van der Waals surface area contributed by atoms with E-state index in [4.69, 9.17) is 4.74 Å². The van der Waals surface area contributed by atoms with E-state index in [2.05, 4.69) is 26.6 Å². The first-order chi connectivity index (χ1) is 11.8. The molecule has 25 heavy (non-hydrogen) atoms. The monoisotopic (exact) mass is 404 g/mol. The number of amides is 2. The van der Waals surface area contributed by atoms with Crippen LogP contribution in [0.4, 0.5) is 5.69 Å². The molecule has 0 aromatic heterocycles. The zero-order valence-corrected chi connectivity index (χ0v) is 16.0. The summed E-state index contributed by atoms with van der Waals surface area (Å²) in [5, 5.41) is 5.36. The number of nitrogens with one attached hydrogen (secondary N) is 2. The van der Waals surface area contributed by atoms with Gasteiger partial charge in [-0.05, 0) is 62.2 Å². The number of benzene rings is 2. The fourth-order valence-electron chi connectivity index (χ4n) is 2.22. The third kappa shape index (κ3) is 5.90. The predicted octanol–water partition coefficient (Wildman–Crippen LogP) is 3.59. The summed E-state index contributed by atoms with van der Waals surface area (Å²) in [4.78, 5) is 24.1. The van der Waals surface area contributed by atoms with Gasteiger partial charge in [0.05, 0.1) is 6.54 Å². The molecule has 0 fully saturated rings. The Balaban J connectivity index is 1.83. The molecule has 0 aliphatic rings. The molecule has 0 heterocycles. The molecule has 1 atom stereocenters. The minimum atomic E-state index is -0.691. The summed E-state index contributed by atoms with van der Waals surface area (Å²) in [5.74, 6) is -0.0108. The molecule has 0 aliphatic heterocycles. The lowest BCUT2D eigenvalue weighted by molar-refractivity contribution is -0.129. The first-order valence-corrected chi connectivity index (χ1v) is 8.71. The maximum Gasteiger partial charge on any atom is 0.261 e. The van der Waals surface area contributed by atoms with E-state index in [-0.39, 0.29) is 18.4 Å². The summed E-state index contributed by atoms with van der Waals surface area (Å²) in [6.07, 6.45) is -0.691. The number of halogens is 1. The first kappa shape index (κ1) is 19.0. The first-order valence-electron chi connectivity index (χ1n) is 7.92. The van der Waals surface area contributed by atoms with Crippen molar-refractivity contribution in [2.24, 2.45) is 0 Å². The van der Waals surface area contributed by atoms with Crippen molar-refractivity contribution in [3.63, 3.8) is 0 Å². The highest BCUT2D eigenvalue weighted by Gasteiger charge is 2.16. The number of hydrogen-bond acceptors (Lipinski definition) is 3. The zero-order valence-electron chi connectivity index (χ0n) is 14.4. The van der Waals surface area contributed by atoms with E-state index in [1.54, 1.807) is 13.0 Å². The number of hydrogen-bond donors (Lipinski definition) is 2. The minimum Gasteiger partial charge on any atom is -0.481 e. The summed E-state index contributed by atoms with van der Waals surface area (Å²) in [6.45, 7) is 5.38. The van der Waals surface area contributed by atoms with Crippen LogP contribution in [0.5, 0.6) is 5.75 Å². The second kappa shape index (κ2) is 8.67. The van der Waals surface area contributed by atoms with Gasteiger partial charge in [-0.3, -0.25) is 9.59 Å². The molecule has 0 bridgehead atoms. The van der Waals surface area contributed by atoms with E-state index in [0.717, 1.165) is 15.6 Å².